The van der Waals surface area contributed by atoms with E-state index in [9.17, 15) is 34.1 Å². The summed E-state index contributed by atoms with van der Waals surface area (Å²) in [6.45, 7) is -0.647. The number of amides is 3. The SMILES string of the molecule is O=C(CN(C(=O)c1ccc(Cl)cc1Cl)N1C(=O)[C@@H]2[C@H]3C=C[C@@H]([C@@H]4C[C@H]34)[C@@H]2C1=O)c1ccc(OC(=O)c2ccc([N+](=O)[O-])cc2)cc1. The quantitative estimate of drug-likeness (QED) is 0.0593. The summed E-state index contributed by atoms with van der Waals surface area (Å²) in [5.41, 5.74) is -0.00867. The number of imide groups is 1. The zero-order valence-corrected chi connectivity index (χ0v) is 25.3. The van der Waals surface area contributed by atoms with Crippen molar-refractivity contribution in [1.82, 2.24) is 10.0 Å². The van der Waals surface area contributed by atoms with Gasteiger partial charge in [0.2, 0.25) is 0 Å². The molecule has 3 aromatic rings. The number of halogens is 2. The maximum atomic E-state index is 13.9. The molecule has 11 nitrogen and oxygen atoms in total. The average Bonchev–Trinajstić information content (AvgIpc) is 3.83. The number of ether oxygens (including phenoxy) is 1. The van der Waals surface area contributed by atoms with Crippen LogP contribution in [-0.2, 0) is 9.59 Å². The molecule has 1 aliphatic heterocycles. The van der Waals surface area contributed by atoms with E-state index in [1.807, 2.05) is 12.2 Å². The predicted octanol–water partition coefficient (Wildman–Crippen LogP) is 5.41. The number of allylic oxidation sites excluding steroid dienone is 2. The molecule has 8 rings (SSSR count). The normalized spacial score (nSPS) is 25.1. The number of Topliss-reactive ketones (excluding diaryl/α,β-unsaturated/α-hetero) is 1. The van der Waals surface area contributed by atoms with E-state index >= 15 is 0 Å². The number of hydrogen-bond acceptors (Lipinski definition) is 8. The zero-order valence-electron chi connectivity index (χ0n) is 23.7. The van der Waals surface area contributed by atoms with Crippen LogP contribution in [0.25, 0.3) is 0 Å². The molecule has 1 saturated heterocycles. The predicted molar refractivity (Wildman–Crippen MR) is 163 cm³/mol. The summed E-state index contributed by atoms with van der Waals surface area (Å²) in [6.07, 6.45) is 4.99. The van der Waals surface area contributed by atoms with Gasteiger partial charge in [0.05, 0.1) is 32.9 Å². The number of esters is 1. The highest BCUT2D eigenvalue weighted by molar-refractivity contribution is 6.36. The van der Waals surface area contributed by atoms with Crippen molar-refractivity contribution in [3.8, 4) is 5.75 Å². The van der Waals surface area contributed by atoms with E-state index in [1.54, 1.807) is 0 Å². The second kappa shape index (κ2) is 11.2. The van der Waals surface area contributed by atoms with E-state index in [0.717, 1.165) is 16.4 Å². The summed E-state index contributed by atoms with van der Waals surface area (Å²) < 4.78 is 5.32. The van der Waals surface area contributed by atoms with Crippen molar-refractivity contribution in [1.29, 1.82) is 0 Å². The fourth-order valence-corrected chi connectivity index (χ4v) is 7.53. The van der Waals surface area contributed by atoms with Crippen LogP contribution in [0.4, 0.5) is 5.69 Å². The molecule has 0 spiro atoms. The molecule has 3 aromatic carbocycles. The van der Waals surface area contributed by atoms with Gasteiger partial charge in [0.1, 0.15) is 12.3 Å². The molecule has 0 unspecified atom stereocenters. The first-order chi connectivity index (χ1) is 22.0. The lowest BCUT2D eigenvalue weighted by Gasteiger charge is -2.37. The highest BCUT2D eigenvalue weighted by atomic mass is 35.5. The summed E-state index contributed by atoms with van der Waals surface area (Å²) >= 11 is 12.4. The fraction of sp³-hybridized carbons (Fsp3) is 0.242. The Morgan fingerprint density at radius 1 is 0.870 bits per heavy atom. The van der Waals surface area contributed by atoms with E-state index in [2.05, 4.69) is 0 Å². The number of hydrogen-bond donors (Lipinski definition) is 0. The van der Waals surface area contributed by atoms with Crippen LogP contribution in [0.15, 0.2) is 78.9 Å². The smallest absolute Gasteiger partial charge is 0.343 e. The lowest BCUT2D eigenvalue weighted by atomic mass is 9.63. The molecule has 232 valence electrons. The molecule has 3 fully saturated rings. The minimum Gasteiger partial charge on any atom is -0.423 e. The summed E-state index contributed by atoms with van der Waals surface area (Å²) in [5.74, 6) is -3.78. The standard InChI is InChI=1S/C33H23Cl2N3O8/c34-18-5-10-23(26(35)13-18)30(40)36(37-31(41)28-21-11-12-22(25-14-24(21)25)29(28)32(37)42)15-27(39)16-3-8-20(9-4-16)46-33(43)17-1-6-19(7-2-17)38(44)45/h1-13,21-22,24-25,28-29H,14-15H2/t21-,22-,24-,25+,28-,29+/m0/s1. The third-order valence-electron chi connectivity index (χ3n) is 9.27. The number of carbonyl (C=O) groups excluding carboxylic acids is 5. The van der Waals surface area contributed by atoms with Crippen LogP contribution in [0.3, 0.4) is 0 Å². The Balaban J connectivity index is 1.13. The van der Waals surface area contributed by atoms with Crippen LogP contribution in [0.5, 0.6) is 5.75 Å². The van der Waals surface area contributed by atoms with Gasteiger partial charge in [-0.15, -0.1) is 0 Å². The van der Waals surface area contributed by atoms with Gasteiger partial charge in [0, 0.05) is 22.7 Å². The molecule has 6 atom stereocenters. The lowest BCUT2D eigenvalue weighted by Crippen LogP contribution is -2.52. The molecule has 13 heteroatoms. The summed E-state index contributed by atoms with van der Waals surface area (Å²) in [4.78, 5) is 78.1. The largest absolute Gasteiger partial charge is 0.423 e. The van der Waals surface area contributed by atoms with Crippen molar-refractivity contribution in [2.45, 2.75) is 6.42 Å². The Kier molecular flexibility index (Phi) is 7.25. The molecule has 0 N–H and O–H groups in total. The van der Waals surface area contributed by atoms with Crippen LogP contribution >= 0.6 is 23.2 Å². The average molecular weight is 660 g/mol. The van der Waals surface area contributed by atoms with Gasteiger partial charge in [-0.05, 0) is 84.7 Å². The third-order valence-corrected chi connectivity index (χ3v) is 9.82. The van der Waals surface area contributed by atoms with Crippen molar-refractivity contribution in [2.24, 2.45) is 35.5 Å². The fourth-order valence-electron chi connectivity index (χ4n) is 7.04. The summed E-state index contributed by atoms with van der Waals surface area (Å²) in [5, 5.41) is 12.8. The van der Waals surface area contributed by atoms with Crippen LogP contribution in [0.2, 0.25) is 10.0 Å². The topological polar surface area (TPSA) is 144 Å². The number of rotatable bonds is 8. The van der Waals surface area contributed by atoms with Gasteiger partial charge in [0.15, 0.2) is 5.78 Å². The van der Waals surface area contributed by atoms with Crippen LogP contribution in [-0.4, -0.2) is 51.0 Å². The maximum Gasteiger partial charge on any atom is 0.343 e. The molecule has 1 heterocycles. The molecule has 46 heavy (non-hydrogen) atoms. The monoisotopic (exact) mass is 659 g/mol. The first-order valence-electron chi connectivity index (χ1n) is 14.5. The Hall–Kier alpha value is -4.87. The Bertz CT molecular complexity index is 1840. The molecule has 4 aliphatic carbocycles. The molecule has 3 amide bonds. The van der Waals surface area contributed by atoms with Gasteiger partial charge in [0.25, 0.3) is 23.4 Å². The molecule has 5 aliphatic rings. The number of carbonyl (C=O) groups is 5. The minimum atomic E-state index is -0.811. The van der Waals surface area contributed by atoms with Crippen molar-refractivity contribution < 1.29 is 33.6 Å². The van der Waals surface area contributed by atoms with Gasteiger partial charge < -0.3 is 4.74 Å². The van der Waals surface area contributed by atoms with E-state index in [4.69, 9.17) is 27.9 Å². The number of benzene rings is 3. The summed E-state index contributed by atoms with van der Waals surface area (Å²) in [7, 11) is 0. The first-order valence-corrected chi connectivity index (χ1v) is 15.2. The van der Waals surface area contributed by atoms with Gasteiger partial charge in [-0.3, -0.25) is 29.3 Å². The van der Waals surface area contributed by atoms with Crippen LogP contribution in [0, 0.1) is 45.6 Å². The lowest BCUT2D eigenvalue weighted by molar-refractivity contribution is -0.384. The van der Waals surface area contributed by atoms with E-state index in [1.165, 1.54) is 66.7 Å². The zero-order chi connectivity index (χ0) is 32.4. The maximum absolute atomic E-state index is 13.9. The first kappa shape index (κ1) is 29.8. The molecule has 0 radical (unpaired) electrons. The van der Waals surface area contributed by atoms with Crippen molar-refractivity contribution >= 4 is 58.4 Å². The number of nitrogens with zero attached hydrogens (tertiary/aromatic N) is 3. The Morgan fingerprint density at radius 3 is 2.02 bits per heavy atom. The Labute approximate surface area is 271 Å². The Morgan fingerprint density at radius 2 is 1.46 bits per heavy atom. The van der Waals surface area contributed by atoms with Gasteiger partial charge >= 0.3 is 5.97 Å². The number of non-ortho nitro benzene ring substituents is 1. The highest BCUT2D eigenvalue weighted by Gasteiger charge is 2.68. The van der Waals surface area contributed by atoms with Gasteiger partial charge in [-0.25, -0.2) is 9.80 Å². The van der Waals surface area contributed by atoms with E-state index < -0.39 is 52.8 Å². The number of hydrazine groups is 1. The van der Waals surface area contributed by atoms with Crippen LogP contribution in [0.1, 0.15) is 37.5 Å². The second-order valence-electron chi connectivity index (χ2n) is 11.8. The number of nitro benzene ring substituents is 1. The molecular formula is C33H23Cl2N3O8. The van der Waals surface area contributed by atoms with Crippen molar-refractivity contribution in [2.75, 3.05) is 6.54 Å². The molecule has 0 aromatic heterocycles. The molecular weight excluding hydrogens is 637 g/mol. The van der Waals surface area contributed by atoms with Crippen molar-refractivity contribution in [3.63, 3.8) is 0 Å². The highest BCUT2D eigenvalue weighted by Crippen LogP contribution is 2.65. The van der Waals surface area contributed by atoms with Gasteiger partial charge in [-0.1, -0.05) is 35.4 Å². The van der Waals surface area contributed by atoms with Crippen molar-refractivity contribution in [3.05, 3.63) is 116 Å². The molecule has 2 bridgehead atoms. The third kappa shape index (κ3) is 4.96. The molecule has 2 saturated carbocycles. The van der Waals surface area contributed by atoms with Crippen LogP contribution < -0.4 is 4.74 Å². The van der Waals surface area contributed by atoms with E-state index in [-0.39, 0.29) is 50.0 Å². The number of nitro groups is 1. The van der Waals surface area contributed by atoms with E-state index in [0.29, 0.717) is 11.8 Å². The summed E-state index contributed by atoms with van der Waals surface area (Å²) in [6, 6.07) is 14.6. The number of ketones is 1. The second-order valence-corrected chi connectivity index (χ2v) is 12.6. The minimum absolute atomic E-state index is 0.00590. The van der Waals surface area contributed by atoms with Gasteiger partial charge in [-0.2, -0.15) is 5.01 Å².